The van der Waals surface area contributed by atoms with Crippen molar-refractivity contribution < 1.29 is 49.6 Å². The van der Waals surface area contributed by atoms with Crippen LogP contribution in [0.5, 0.6) is 34.5 Å². The zero-order chi connectivity index (χ0) is 35.3. The zero-order valence-electron chi connectivity index (χ0n) is 27.8. The second-order valence-corrected chi connectivity index (χ2v) is 13.2. The summed E-state index contributed by atoms with van der Waals surface area (Å²) >= 11 is 0. The summed E-state index contributed by atoms with van der Waals surface area (Å²) in [5, 5.41) is 61.5. The van der Waals surface area contributed by atoms with Gasteiger partial charge in [0.25, 0.3) is 0 Å². The topological polar surface area (TPSA) is 158 Å². The standard InChI is InChI=1S/C40H40O10/c1-21-36(24-6-10-32(45)34(16-24)47-2)50-39(25-7-11-33(46)35(17-25)48-3)40(21)13-12-28-29(18-40)38(23-5-9-31(44)27(15-23)20-42)49-37(28)22-4-8-30(43)26(14-22)19-41/h4-11,14-17,36-39,41-46H,1,12-13,18-20H2,2-3H3/t36-,37-,38+,39-,40-/m0/s1. The lowest BCUT2D eigenvalue weighted by Gasteiger charge is -2.40. The van der Waals surface area contributed by atoms with Gasteiger partial charge in [-0.3, -0.25) is 0 Å². The van der Waals surface area contributed by atoms with E-state index in [1.54, 1.807) is 66.7 Å². The fourth-order valence-corrected chi connectivity index (χ4v) is 7.94. The maximum atomic E-state index is 10.5. The summed E-state index contributed by atoms with van der Waals surface area (Å²) < 4.78 is 24.7. The predicted octanol–water partition coefficient (Wildman–Crippen LogP) is 6.86. The highest BCUT2D eigenvalue weighted by atomic mass is 16.5. The molecule has 0 radical (unpaired) electrons. The number of rotatable bonds is 8. The third kappa shape index (κ3) is 5.45. The van der Waals surface area contributed by atoms with Gasteiger partial charge in [0.15, 0.2) is 23.0 Å². The van der Waals surface area contributed by atoms with E-state index in [4.69, 9.17) is 18.9 Å². The number of hydrogen-bond donors (Lipinski definition) is 6. The van der Waals surface area contributed by atoms with Gasteiger partial charge < -0.3 is 49.6 Å². The molecule has 3 aliphatic rings. The molecular formula is C40H40O10. The number of aliphatic hydroxyl groups excluding tert-OH is 2. The number of aromatic hydroxyl groups is 4. The van der Waals surface area contributed by atoms with Crippen molar-refractivity contribution in [2.45, 2.75) is 56.9 Å². The maximum Gasteiger partial charge on any atom is 0.160 e. The van der Waals surface area contributed by atoms with Crippen LogP contribution < -0.4 is 9.47 Å². The molecule has 5 atom stereocenters. The first-order chi connectivity index (χ1) is 24.1. The van der Waals surface area contributed by atoms with Crippen LogP contribution in [0, 0.1) is 5.41 Å². The van der Waals surface area contributed by atoms with Gasteiger partial charge in [0.05, 0.1) is 33.5 Å². The molecule has 10 nitrogen and oxygen atoms in total. The first-order valence-electron chi connectivity index (χ1n) is 16.4. The van der Waals surface area contributed by atoms with Crippen LogP contribution in [0.3, 0.4) is 0 Å². The molecule has 1 spiro atoms. The molecule has 50 heavy (non-hydrogen) atoms. The van der Waals surface area contributed by atoms with Gasteiger partial charge in [0.2, 0.25) is 0 Å². The number of hydrogen-bond acceptors (Lipinski definition) is 10. The van der Waals surface area contributed by atoms with Crippen LogP contribution in [0.15, 0.2) is 96.1 Å². The highest BCUT2D eigenvalue weighted by Crippen LogP contribution is 2.67. The van der Waals surface area contributed by atoms with Crippen LogP contribution in [0.4, 0.5) is 0 Å². The van der Waals surface area contributed by atoms with Gasteiger partial charge >= 0.3 is 0 Å². The molecule has 6 N–H and O–H groups in total. The Bertz CT molecular complexity index is 2000. The molecule has 4 aromatic carbocycles. The number of ether oxygens (including phenoxy) is 4. The molecule has 0 unspecified atom stereocenters. The molecular weight excluding hydrogens is 640 g/mol. The summed E-state index contributed by atoms with van der Waals surface area (Å²) in [5.74, 6) is 0.618. The molecule has 7 rings (SSSR count). The van der Waals surface area contributed by atoms with Crippen LogP contribution in [0.25, 0.3) is 0 Å². The second-order valence-electron chi connectivity index (χ2n) is 13.2. The molecule has 0 saturated carbocycles. The van der Waals surface area contributed by atoms with Gasteiger partial charge in [-0.05, 0) is 107 Å². The summed E-state index contributed by atoms with van der Waals surface area (Å²) in [7, 11) is 2.99. The Balaban J connectivity index is 1.38. The Morgan fingerprint density at radius 3 is 1.66 bits per heavy atom. The maximum absolute atomic E-state index is 10.5. The van der Waals surface area contributed by atoms with E-state index in [0.29, 0.717) is 41.9 Å². The third-order valence-corrected chi connectivity index (χ3v) is 10.6. The minimum absolute atomic E-state index is 0.00260. The van der Waals surface area contributed by atoms with E-state index in [1.807, 2.05) is 6.07 Å². The monoisotopic (exact) mass is 680 g/mol. The van der Waals surface area contributed by atoms with Crippen molar-refractivity contribution >= 4 is 0 Å². The second kappa shape index (κ2) is 13.0. The van der Waals surface area contributed by atoms with Gasteiger partial charge in [-0.25, -0.2) is 0 Å². The van der Waals surface area contributed by atoms with Gasteiger partial charge in [-0.1, -0.05) is 30.8 Å². The summed E-state index contributed by atoms with van der Waals surface area (Å²) in [6, 6.07) is 20.5. The number of aliphatic hydroxyl groups is 2. The van der Waals surface area contributed by atoms with Gasteiger partial charge in [-0.2, -0.15) is 0 Å². The fourth-order valence-electron chi connectivity index (χ4n) is 7.94. The van der Waals surface area contributed by atoms with E-state index in [2.05, 4.69) is 6.58 Å². The summed E-state index contributed by atoms with van der Waals surface area (Å²) in [4.78, 5) is 0. The first-order valence-corrected chi connectivity index (χ1v) is 16.4. The molecule has 0 bridgehead atoms. The normalized spacial score (nSPS) is 24.5. The van der Waals surface area contributed by atoms with Crippen molar-refractivity contribution in [2.75, 3.05) is 14.2 Å². The molecule has 1 fully saturated rings. The molecule has 2 aliphatic heterocycles. The summed E-state index contributed by atoms with van der Waals surface area (Å²) in [6.07, 6.45) is -0.389. The highest BCUT2D eigenvalue weighted by molar-refractivity contribution is 5.52. The molecule has 1 aliphatic carbocycles. The van der Waals surface area contributed by atoms with Crippen molar-refractivity contribution in [2.24, 2.45) is 5.41 Å². The lowest BCUT2D eigenvalue weighted by molar-refractivity contribution is 0.00312. The van der Waals surface area contributed by atoms with Crippen LogP contribution in [0.1, 0.15) is 77.1 Å². The van der Waals surface area contributed by atoms with Crippen LogP contribution >= 0.6 is 0 Å². The Hall–Kier alpha value is -5.00. The van der Waals surface area contributed by atoms with E-state index >= 15 is 0 Å². The molecule has 2 heterocycles. The number of phenolic OH excluding ortho intramolecular Hbond substituents is 2. The van der Waals surface area contributed by atoms with Crippen molar-refractivity contribution in [1.29, 1.82) is 0 Å². The van der Waals surface area contributed by atoms with Crippen molar-refractivity contribution in [1.82, 2.24) is 0 Å². The SMILES string of the molecule is C=C1[C@@H](c2ccc(O)c(OC)c2)O[C@@H](c2ccc(O)c(OC)c2)[C@]12CCC1=C(C2)[C@@H](c2ccc(O)c(CO)c2)O[C@H]1c1ccc(O)c(CO)c1. The molecule has 10 heteroatoms. The van der Waals surface area contributed by atoms with Crippen LogP contribution in [-0.4, -0.2) is 44.9 Å². The quantitative estimate of drug-likeness (QED) is 0.109. The van der Waals surface area contributed by atoms with E-state index < -0.39 is 29.8 Å². The van der Waals surface area contributed by atoms with Gasteiger partial charge in [-0.15, -0.1) is 0 Å². The Kier molecular flexibility index (Phi) is 8.73. The summed E-state index contributed by atoms with van der Waals surface area (Å²) in [6.45, 7) is 3.99. The Morgan fingerprint density at radius 1 is 0.640 bits per heavy atom. The Labute approximate surface area is 289 Å². The average molecular weight is 681 g/mol. The third-order valence-electron chi connectivity index (χ3n) is 10.6. The summed E-state index contributed by atoms with van der Waals surface area (Å²) in [5.41, 5.74) is 6.13. The first kappa shape index (κ1) is 33.5. The number of benzene rings is 4. The van der Waals surface area contributed by atoms with Crippen molar-refractivity contribution in [3.63, 3.8) is 0 Å². The van der Waals surface area contributed by atoms with E-state index in [1.165, 1.54) is 14.2 Å². The molecule has 0 aromatic heterocycles. The highest BCUT2D eigenvalue weighted by Gasteiger charge is 2.56. The molecule has 1 saturated heterocycles. The van der Waals surface area contributed by atoms with E-state index in [9.17, 15) is 30.6 Å². The zero-order valence-corrected chi connectivity index (χ0v) is 27.8. The van der Waals surface area contributed by atoms with Crippen LogP contribution in [0.2, 0.25) is 0 Å². The van der Waals surface area contributed by atoms with Gasteiger partial charge in [0.1, 0.15) is 29.8 Å². The number of phenols is 4. The van der Waals surface area contributed by atoms with Crippen molar-refractivity contribution in [3.05, 3.63) is 129 Å². The largest absolute Gasteiger partial charge is 0.508 e. The minimum Gasteiger partial charge on any atom is -0.508 e. The predicted molar refractivity (Wildman–Crippen MR) is 183 cm³/mol. The lowest BCUT2D eigenvalue weighted by atomic mass is 9.62. The molecule has 260 valence electrons. The smallest absolute Gasteiger partial charge is 0.160 e. The Morgan fingerprint density at radius 2 is 1.12 bits per heavy atom. The molecule has 0 amide bonds. The van der Waals surface area contributed by atoms with Crippen LogP contribution in [-0.2, 0) is 22.7 Å². The van der Waals surface area contributed by atoms with E-state index in [0.717, 1.165) is 39.0 Å². The fraction of sp³-hybridized carbons (Fsp3) is 0.300. The van der Waals surface area contributed by atoms with Crippen molar-refractivity contribution in [3.8, 4) is 34.5 Å². The van der Waals surface area contributed by atoms with E-state index in [-0.39, 0.29) is 36.2 Å². The average Bonchev–Trinajstić information content (AvgIpc) is 3.64. The number of methoxy groups -OCH3 is 2. The van der Waals surface area contributed by atoms with Gasteiger partial charge in [0, 0.05) is 16.5 Å². The minimum atomic E-state index is -0.658. The lowest BCUT2D eigenvalue weighted by Crippen LogP contribution is -2.31. The molecule has 4 aromatic rings.